The van der Waals surface area contributed by atoms with E-state index >= 15 is 0 Å². The molecule has 0 atom stereocenters. The second-order valence-electron chi connectivity index (χ2n) is 6.80. The van der Waals surface area contributed by atoms with Gasteiger partial charge in [-0.3, -0.25) is 14.2 Å². The molecule has 2 aromatic rings. The van der Waals surface area contributed by atoms with Gasteiger partial charge in [-0.15, -0.1) is 11.3 Å². The molecule has 0 aliphatic carbocycles. The molecule has 1 aromatic carbocycles. The first-order chi connectivity index (χ1) is 15.5. The minimum Gasteiger partial charge on any atom is -0.462 e. The highest BCUT2D eigenvalue weighted by Gasteiger charge is 2.18. The molecule has 1 aliphatic rings. The molecule has 1 aromatic heterocycles. The first-order valence-corrected chi connectivity index (χ1v) is 11.1. The number of anilines is 1. The van der Waals surface area contributed by atoms with Crippen molar-refractivity contribution in [3.8, 4) is 6.07 Å². The molecule has 1 aliphatic heterocycles. The van der Waals surface area contributed by atoms with Gasteiger partial charge in [0.15, 0.2) is 5.57 Å². The fourth-order valence-electron chi connectivity index (χ4n) is 3.18. The molecule has 1 fully saturated rings. The van der Waals surface area contributed by atoms with Gasteiger partial charge in [-0.05, 0) is 38.1 Å². The first kappa shape index (κ1) is 23.2. The van der Waals surface area contributed by atoms with Gasteiger partial charge < -0.3 is 19.7 Å². The molecule has 10 heteroatoms. The fourth-order valence-corrected chi connectivity index (χ4v) is 4.26. The smallest absolute Gasteiger partial charge is 0.351 e. The van der Waals surface area contributed by atoms with E-state index in [0.29, 0.717) is 48.6 Å². The van der Waals surface area contributed by atoms with Crippen molar-refractivity contribution in [3.63, 3.8) is 0 Å². The average molecular weight is 457 g/mol. The number of nitrogens with one attached hydrogen (secondary N) is 1. The van der Waals surface area contributed by atoms with E-state index < -0.39 is 5.97 Å². The molecule has 32 heavy (non-hydrogen) atoms. The molecule has 0 bridgehead atoms. The Bertz CT molecular complexity index is 1200. The zero-order valence-electron chi connectivity index (χ0n) is 17.9. The number of nitrogens with zero attached hydrogens (tertiary/aromatic N) is 3. The molecule has 168 valence electrons. The molecule has 1 saturated heterocycles. The van der Waals surface area contributed by atoms with Gasteiger partial charge in [0, 0.05) is 37.1 Å². The average Bonchev–Trinajstić information content (AvgIpc) is 3.13. The van der Waals surface area contributed by atoms with Crippen molar-refractivity contribution in [1.29, 1.82) is 5.26 Å². The fraction of sp³-hybridized carbons (Fsp3) is 0.364. The summed E-state index contributed by atoms with van der Waals surface area (Å²) in [7, 11) is 0. The monoisotopic (exact) mass is 456 g/mol. The number of carbonyl (C=O) groups is 2. The van der Waals surface area contributed by atoms with Gasteiger partial charge in [-0.2, -0.15) is 5.26 Å². The van der Waals surface area contributed by atoms with Crippen molar-refractivity contribution < 1.29 is 19.1 Å². The Hall–Kier alpha value is -3.42. The second kappa shape index (κ2) is 10.7. The SMILES string of the molecule is CCOC(=O)C(C#N)=c1sc(=CNc2ccc(C(=O)N3CCOCC3)cc2)c(=O)n1CC. The third kappa shape index (κ3) is 5.07. The van der Waals surface area contributed by atoms with Crippen molar-refractivity contribution in [2.45, 2.75) is 20.4 Å². The molecule has 3 rings (SSSR count). The van der Waals surface area contributed by atoms with Gasteiger partial charge in [0.25, 0.3) is 11.5 Å². The normalized spacial score (nSPS) is 15.2. The topological polar surface area (TPSA) is 114 Å². The summed E-state index contributed by atoms with van der Waals surface area (Å²) in [4.78, 5) is 39.1. The molecule has 2 heterocycles. The van der Waals surface area contributed by atoms with Crippen LogP contribution in [0.3, 0.4) is 0 Å². The Balaban J connectivity index is 1.86. The van der Waals surface area contributed by atoms with E-state index in [-0.39, 0.29) is 28.3 Å². The van der Waals surface area contributed by atoms with Crippen LogP contribution in [0.25, 0.3) is 11.8 Å². The Morgan fingerprint density at radius 1 is 1.25 bits per heavy atom. The summed E-state index contributed by atoms with van der Waals surface area (Å²) in [6.45, 7) is 6.09. The quantitative estimate of drug-likeness (QED) is 0.630. The molecule has 0 saturated carbocycles. The molecule has 1 N–H and O–H groups in total. The summed E-state index contributed by atoms with van der Waals surface area (Å²) < 4.78 is 12.2. The number of esters is 1. The van der Waals surface area contributed by atoms with Gasteiger partial charge in [-0.1, -0.05) is 0 Å². The number of hydrogen-bond acceptors (Lipinski definition) is 8. The Labute approximate surface area is 188 Å². The van der Waals surface area contributed by atoms with E-state index in [1.807, 2.05) is 6.07 Å². The number of amides is 1. The van der Waals surface area contributed by atoms with Crippen molar-refractivity contribution in [2.24, 2.45) is 0 Å². The van der Waals surface area contributed by atoms with Gasteiger partial charge in [-0.25, -0.2) is 4.79 Å². The lowest BCUT2D eigenvalue weighted by Crippen LogP contribution is -2.40. The Kier molecular flexibility index (Phi) is 7.81. The van der Waals surface area contributed by atoms with E-state index in [1.54, 1.807) is 43.0 Å². The number of ether oxygens (including phenoxy) is 2. The standard InChI is InChI=1S/C22H24N4O5S/c1-3-26-20(28)18(32-21(26)17(13-23)22(29)31-4-2)14-24-16-7-5-15(6-8-16)19(27)25-9-11-30-12-10-25/h5-8,14,24H,3-4,9-12H2,1-2H3. The van der Waals surface area contributed by atoms with E-state index in [1.165, 1.54) is 10.8 Å². The van der Waals surface area contributed by atoms with Gasteiger partial charge >= 0.3 is 5.97 Å². The van der Waals surface area contributed by atoms with Crippen LogP contribution >= 0.6 is 11.3 Å². The summed E-state index contributed by atoms with van der Waals surface area (Å²) in [5.74, 6) is -0.797. The lowest BCUT2D eigenvalue weighted by molar-refractivity contribution is -0.136. The van der Waals surface area contributed by atoms with Crippen LogP contribution in [0.5, 0.6) is 0 Å². The number of benzene rings is 1. The van der Waals surface area contributed by atoms with Crippen LogP contribution in [0.1, 0.15) is 24.2 Å². The van der Waals surface area contributed by atoms with Crippen molar-refractivity contribution >= 4 is 40.7 Å². The number of morpholine rings is 1. The Morgan fingerprint density at radius 3 is 2.53 bits per heavy atom. The number of rotatable bonds is 6. The van der Waals surface area contributed by atoms with E-state index in [2.05, 4.69) is 5.32 Å². The zero-order valence-corrected chi connectivity index (χ0v) is 18.7. The number of carbonyl (C=O) groups excluding carboxylic acids is 2. The predicted molar refractivity (Wildman–Crippen MR) is 120 cm³/mol. The van der Waals surface area contributed by atoms with Crippen LogP contribution in [-0.4, -0.2) is 54.3 Å². The van der Waals surface area contributed by atoms with Crippen LogP contribution in [0.2, 0.25) is 0 Å². The minimum atomic E-state index is -0.751. The van der Waals surface area contributed by atoms with Crippen LogP contribution in [0.15, 0.2) is 29.1 Å². The van der Waals surface area contributed by atoms with Gasteiger partial charge in [0.05, 0.1) is 19.8 Å². The molecule has 1 amide bonds. The maximum atomic E-state index is 12.7. The number of hydrogen-bond donors (Lipinski definition) is 1. The zero-order chi connectivity index (χ0) is 23.1. The largest absolute Gasteiger partial charge is 0.462 e. The van der Waals surface area contributed by atoms with Gasteiger partial charge in [0.2, 0.25) is 0 Å². The summed E-state index contributed by atoms with van der Waals surface area (Å²) in [5.41, 5.74) is 0.764. The van der Waals surface area contributed by atoms with Gasteiger partial charge in [0.1, 0.15) is 15.3 Å². The summed E-state index contributed by atoms with van der Waals surface area (Å²) in [6, 6.07) is 8.80. The molecule has 9 nitrogen and oxygen atoms in total. The highest BCUT2D eigenvalue weighted by Crippen LogP contribution is 2.12. The molecule has 0 unspecified atom stereocenters. The highest BCUT2D eigenvalue weighted by atomic mass is 32.1. The van der Waals surface area contributed by atoms with E-state index in [9.17, 15) is 19.6 Å². The molecular formula is C22H24N4O5S. The minimum absolute atomic E-state index is 0.0453. The first-order valence-electron chi connectivity index (χ1n) is 10.2. The molecular weight excluding hydrogens is 432 g/mol. The summed E-state index contributed by atoms with van der Waals surface area (Å²) in [5, 5.41) is 12.5. The second-order valence-corrected chi connectivity index (χ2v) is 7.83. The lowest BCUT2D eigenvalue weighted by Gasteiger charge is -2.26. The predicted octanol–water partition coefficient (Wildman–Crippen LogP) is 0.490. The van der Waals surface area contributed by atoms with Crippen LogP contribution in [-0.2, 0) is 20.8 Å². The maximum Gasteiger partial charge on any atom is 0.351 e. The van der Waals surface area contributed by atoms with Crippen LogP contribution < -0.4 is 20.1 Å². The van der Waals surface area contributed by atoms with E-state index in [4.69, 9.17) is 9.47 Å². The third-order valence-corrected chi connectivity index (χ3v) is 5.96. The molecule has 0 spiro atoms. The van der Waals surface area contributed by atoms with Crippen molar-refractivity contribution in [1.82, 2.24) is 9.47 Å². The lowest BCUT2D eigenvalue weighted by atomic mass is 10.1. The molecule has 0 radical (unpaired) electrons. The van der Waals surface area contributed by atoms with Crippen molar-refractivity contribution in [3.05, 3.63) is 49.4 Å². The van der Waals surface area contributed by atoms with Crippen LogP contribution in [0.4, 0.5) is 5.69 Å². The Morgan fingerprint density at radius 2 is 1.94 bits per heavy atom. The number of nitriles is 1. The van der Waals surface area contributed by atoms with Crippen molar-refractivity contribution in [2.75, 3.05) is 38.2 Å². The summed E-state index contributed by atoms with van der Waals surface area (Å²) in [6.07, 6.45) is 1.53. The highest BCUT2D eigenvalue weighted by molar-refractivity contribution is 7.07. The number of thiazole rings is 1. The summed E-state index contributed by atoms with van der Waals surface area (Å²) >= 11 is 1.04. The third-order valence-electron chi connectivity index (χ3n) is 4.83. The number of aromatic nitrogens is 1. The maximum absolute atomic E-state index is 12.7. The van der Waals surface area contributed by atoms with Crippen LogP contribution in [0, 0.1) is 11.3 Å². The van der Waals surface area contributed by atoms with E-state index in [0.717, 1.165) is 11.3 Å².